The molecule has 0 aliphatic heterocycles. The number of rotatable bonds is 7. The van der Waals surface area contributed by atoms with E-state index >= 15 is 0 Å². The van der Waals surface area contributed by atoms with E-state index in [1.807, 2.05) is 49.4 Å². The number of benzene rings is 1. The van der Waals surface area contributed by atoms with Crippen molar-refractivity contribution in [1.29, 1.82) is 0 Å². The van der Waals surface area contributed by atoms with Crippen LogP contribution in [-0.4, -0.2) is 25.7 Å². The monoisotopic (exact) mass is 351 g/mol. The van der Waals surface area contributed by atoms with E-state index in [2.05, 4.69) is 20.4 Å². The van der Waals surface area contributed by atoms with Crippen molar-refractivity contribution in [3.8, 4) is 5.75 Å². The maximum absolute atomic E-state index is 12.4. The average Bonchev–Trinajstić information content (AvgIpc) is 3.21. The Balaban J connectivity index is 1.60. The highest BCUT2D eigenvalue weighted by Crippen LogP contribution is 2.20. The highest BCUT2D eigenvalue weighted by molar-refractivity contribution is 5.80. The third kappa shape index (κ3) is 4.44. The van der Waals surface area contributed by atoms with Gasteiger partial charge in [0, 0.05) is 6.20 Å². The molecule has 1 aromatic carbocycles. The van der Waals surface area contributed by atoms with Crippen molar-refractivity contribution < 1.29 is 9.53 Å². The Hall–Kier alpha value is -3.22. The van der Waals surface area contributed by atoms with E-state index < -0.39 is 6.04 Å². The number of carbonyl (C=O) groups excluding carboxylic acids is 1. The van der Waals surface area contributed by atoms with Crippen molar-refractivity contribution in [2.45, 2.75) is 32.5 Å². The van der Waals surface area contributed by atoms with Gasteiger partial charge in [0.05, 0.1) is 11.7 Å². The lowest BCUT2D eigenvalue weighted by molar-refractivity contribution is -0.124. The van der Waals surface area contributed by atoms with Crippen LogP contribution in [0.15, 0.2) is 61.3 Å². The maximum atomic E-state index is 12.4. The van der Waals surface area contributed by atoms with E-state index in [4.69, 9.17) is 4.74 Å². The molecule has 0 aliphatic carbocycles. The van der Waals surface area contributed by atoms with Crippen LogP contribution >= 0.6 is 0 Å². The number of ether oxygens (including phenoxy) is 1. The lowest BCUT2D eigenvalue weighted by Gasteiger charge is -2.18. The molecule has 7 heteroatoms. The molecule has 0 saturated heterocycles. The molecule has 0 unspecified atom stereocenters. The van der Waals surface area contributed by atoms with Crippen LogP contribution in [0, 0.1) is 0 Å². The molecule has 0 saturated carbocycles. The Bertz CT molecular complexity index is 836. The molecule has 2 heterocycles. The fourth-order valence-corrected chi connectivity index (χ4v) is 2.47. The standard InChI is InChI=1S/C19H21N5O2/c1-14(23-19(25)15(2)24-13-20-12-22-24)16-6-5-8-18(10-16)26-11-17-7-3-4-9-21-17/h3-10,12-15H,11H2,1-2H3,(H,23,25)/t14-,15-/m0/s1. The van der Waals surface area contributed by atoms with Crippen LogP contribution in [0.1, 0.15) is 37.2 Å². The summed E-state index contributed by atoms with van der Waals surface area (Å²) in [6.07, 6.45) is 4.68. The first-order valence-electron chi connectivity index (χ1n) is 8.40. The summed E-state index contributed by atoms with van der Waals surface area (Å²) in [6.45, 7) is 4.11. The predicted octanol–water partition coefficient (Wildman–Crippen LogP) is 2.69. The number of pyridine rings is 1. The van der Waals surface area contributed by atoms with Crippen LogP contribution < -0.4 is 10.1 Å². The number of hydrogen-bond acceptors (Lipinski definition) is 5. The molecule has 2 aromatic heterocycles. The number of hydrogen-bond donors (Lipinski definition) is 1. The van der Waals surface area contributed by atoms with Crippen LogP contribution in [0.4, 0.5) is 0 Å². The van der Waals surface area contributed by atoms with Crippen LogP contribution in [-0.2, 0) is 11.4 Å². The first-order chi connectivity index (χ1) is 12.6. The molecular formula is C19H21N5O2. The van der Waals surface area contributed by atoms with Gasteiger partial charge in [-0.3, -0.25) is 9.78 Å². The van der Waals surface area contributed by atoms with Crippen molar-refractivity contribution in [2.75, 3.05) is 0 Å². The summed E-state index contributed by atoms with van der Waals surface area (Å²) in [4.78, 5) is 20.5. The Morgan fingerprint density at radius 2 is 2.12 bits per heavy atom. The van der Waals surface area contributed by atoms with E-state index in [0.717, 1.165) is 17.0 Å². The van der Waals surface area contributed by atoms with E-state index in [-0.39, 0.29) is 11.9 Å². The highest BCUT2D eigenvalue weighted by atomic mass is 16.5. The second kappa shape index (κ2) is 8.24. The number of amides is 1. The van der Waals surface area contributed by atoms with Crippen molar-refractivity contribution in [3.05, 3.63) is 72.6 Å². The first-order valence-corrected chi connectivity index (χ1v) is 8.40. The minimum atomic E-state index is -0.427. The molecule has 3 aromatic rings. The zero-order valence-corrected chi connectivity index (χ0v) is 14.7. The summed E-state index contributed by atoms with van der Waals surface area (Å²) >= 11 is 0. The molecule has 134 valence electrons. The lowest BCUT2D eigenvalue weighted by atomic mass is 10.1. The molecule has 26 heavy (non-hydrogen) atoms. The summed E-state index contributed by atoms with van der Waals surface area (Å²) < 4.78 is 7.32. The molecular weight excluding hydrogens is 330 g/mol. The Labute approximate surface area is 152 Å². The SMILES string of the molecule is C[C@H](NC(=O)[C@H](C)n1cncn1)c1cccc(OCc2ccccn2)c1. The summed E-state index contributed by atoms with van der Waals surface area (Å²) in [7, 11) is 0. The fourth-order valence-electron chi connectivity index (χ4n) is 2.47. The summed E-state index contributed by atoms with van der Waals surface area (Å²) in [5.41, 5.74) is 1.82. The van der Waals surface area contributed by atoms with Gasteiger partial charge >= 0.3 is 0 Å². The summed E-state index contributed by atoms with van der Waals surface area (Å²) in [5, 5.41) is 6.99. The van der Waals surface area contributed by atoms with Gasteiger partial charge in [-0.05, 0) is 43.7 Å². The molecule has 0 fully saturated rings. The third-order valence-corrected chi connectivity index (χ3v) is 4.04. The van der Waals surface area contributed by atoms with E-state index in [1.54, 1.807) is 13.1 Å². The molecule has 3 rings (SSSR count). The number of carbonyl (C=O) groups is 1. The Morgan fingerprint density at radius 3 is 2.85 bits per heavy atom. The zero-order chi connectivity index (χ0) is 18.4. The number of nitrogens with zero attached hydrogens (tertiary/aromatic N) is 4. The van der Waals surface area contributed by atoms with Gasteiger partial charge in [-0.1, -0.05) is 18.2 Å². The van der Waals surface area contributed by atoms with Crippen LogP contribution in [0.25, 0.3) is 0 Å². The third-order valence-electron chi connectivity index (χ3n) is 4.04. The number of nitrogens with one attached hydrogen (secondary N) is 1. The van der Waals surface area contributed by atoms with Gasteiger partial charge in [-0.15, -0.1) is 0 Å². The minimum Gasteiger partial charge on any atom is -0.487 e. The molecule has 0 radical (unpaired) electrons. The Morgan fingerprint density at radius 1 is 1.23 bits per heavy atom. The van der Waals surface area contributed by atoms with Crippen molar-refractivity contribution in [3.63, 3.8) is 0 Å². The molecule has 2 atom stereocenters. The lowest BCUT2D eigenvalue weighted by Crippen LogP contribution is -2.33. The second-order valence-corrected chi connectivity index (χ2v) is 5.96. The van der Waals surface area contributed by atoms with Crippen LogP contribution in [0.2, 0.25) is 0 Å². The molecule has 1 N–H and O–H groups in total. The van der Waals surface area contributed by atoms with Crippen LogP contribution in [0.3, 0.4) is 0 Å². The normalized spacial score (nSPS) is 13.0. The molecule has 0 bridgehead atoms. The number of aromatic nitrogens is 4. The van der Waals surface area contributed by atoms with Gasteiger partial charge in [-0.25, -0.2) is 9.67 Å². The summed E-state index contributed by atoms with van der Waals surface area (Å²) in [5.74, 6) is 0.612. The van der Waals surface area contributed by atoms with Gasteiger partial charge in [0.15, 0.2) is 0 Å². The van der Waals surface area contributed by atoms with E-state index in [9.17, 15) is 4.79 Å². The minimum absolute atomic E-state index is 0.122. The summed E-state index contributed by atoms with van der Waals surface area (Å²) in [6, 6.07) is 12.8. The van der Waals surface area contributed by atoms with Crippen molar-refractivity contribution in [2.24, 2.45) is 0 Å². The molecule has 0 spiro atoms. The van der Waals surface area contributed by atoms with Gasteiger partial charge in [0.1, 0.15) is 31.1 Å². The van der Waals surface area contributed by atoms with Gasteiger partial charge < -0.3 is 10.1 Å². The topological polar surface area (TPSA) is 81.9 Å². The van der Waals surface area contributed by atoms with Crippen LogP contribution in [0.5, 0.6) is 5.75 Å². The van der Waals surface area contributed by atoms with Crippen molar-refractivity contribution in [1.82, 2.24) is 25.1 Å². The van der Waals surface area contributed by atoms with Gasteiger partial charge in [0.25, 0.3) is 0 Å². The van der Waals surface area contributed by atoms with E-state index in [1.165, 1.54) is 17.3 Å². The first kappa shape index (κ1) is 17.6. The molecule has 0 aliphatic rings. The quantitative estimate of drug-likeness (QED) is 0.708. The smallest absolute Gasteiger partial charge is 0.245 e. The second-order valence-electron chi connectivity index (χ2n) is 5.96. The van der Waals surface area contributed by atoms with Gasteiger partial charge in [-0.2, -0.15) is 5.10 Å². The molecule has 1 amide bonds. The fraction of sp³-hybridized carbons (Fsp3) is 0.263. The largest absolute Gasteiger partial charge is 0.487 e. The highest BCUT2D eigenvalue weighted by Gasteiger charge is 2.18. The zero-order valence-electron chi connectivity index (χ0n) is 14.7. The van der Waals surface area contributed by atoms with E-state index in [0.29, 0.717) is 6.61 Å². The maximum Gasteiger partial charge on any atom is 0.245 e. The Kier molecular flexibility index (Phi) is 5.58. The van der Waals surface area contributed by atoms with Gasteiger partial charge in [0.2, 0.25) is 5.91 Å². The molecule has 7 nitrogen and oxygen atoms in total. The van der Waals surface area contributed by atoms with Crippen molar-refractivity contribution >= 4 is 5.91 Å². The predicted molar refractivity (Wildman–Crippen MR) is 96.3 cm³/mol. The average molecular weight is 351 g/mol.